The topological polar surface area (TPSA) is 72.6 Å². The normalized spacial score (nSPS) is 16.9. The third kappa shape index (κ3) is 3.97. The van der Waals surface area contributed by atoms with Crippen LogP contribution in [0.5, 0.6) is 5.75 Å². The number of ether oxygens (including phenoxy) is 1. The van der Waals surface area contributed by atoms with Crippen molar-refractivity contribution in [3.63, 3.8) is 0 Å². The zero-order chi connectivity index (χ0) is 19.6. The Hall–Kier alpha value is -2.82. The summed E-state index contributed by atoms with van der Waals surface area (Å²) < 4.78 is 5.39. The number of carbonyl (C=O) groups excluding carboxylic acids is 2. The zero-order valence-electron chi connectivity index (χ0n) is 16.1. The molecule has 0 spiro atoms. The van der Waals surface area contributed by atoms with Gasteiger partial charge in [0, 0.05) is 18.7 Å². The molecule has 1 aliphatic rings. The van der Waals surface area contributed by atoms with Crippen molar-refractivity contribution in [1.82, 2.24) is 4.90 Å². The molecule has 0 aromatic heterocycles. The highest BCUT2D eigenvalue weighted by atomic mass is 16.5. The third-order valence-electron chi connectivity index (χ3n) is 5.27. The Morgan fingerprint density at radius 1 is 1.15 bits per heavy atom. The summed E-state index contributed by atoms with van der Waals surface area (Å²) in [6.45, 7) is 5.11. The Morgan fingerprint density at radius 3 is 2.63 bits per heavy atom. The van der Waals surface area contributed by atoms with Crippen LogP contribution in [0.25, 0.3) is 11.1 Å². The van der Waals surface area contributed by atoms with E-state index in [0.29, 0.717) is 18.7 Å². The molecule has 2 aromatic carbocycles. The van der Waals surface area contributed by atoms with E-state index in [2.05, 4.69) is 6.07 Å². The fourth-order valence-electron chi connectivity index (χ4n) is 3.72. The van der Waals surface area contributed by atoms with Gasteiger partial charge in [0.05, 0.1) is 13.0 Å². The van der Waals surface area contributed by atoms with Gasteiger partial charge in [-0.25, -0.2) is 0 Å². The number of rotatable bonds is 4. The van der Waals surface area contributed by atoms with Crippen molar-refractivity contribution in [2.24, 2.45) is 11.7 Å². The van der Waals surface area contributed by atoms with Crippen molar-refractivity contribution in [2.75, 3.05) is 20.2 Å². The summed E-state index contributed by atoms with van der Waals surface area (Å²) in [4.78, 5) is 26.2. The molecule has 2 amide bonds. The van der Waals surface area contributed by atoms with Gasteiger partial charge in [-0.2, -0.15) is 0 Å². The van der Waals surface area contributed by atoms with E-state index in [4.69, 9.17) is 10.5 Å². The zero-order valence-corrected chi connectivity index (χ0v) is 16.1. The number of aryl methyl sites for hydroxylation is 2. The molecule has 1 atom stereocenters. The average molecular weight is 366 g/mol. The molecule has 1 saturated heterocycles. The maximum absolute atomic E-state index is 13.0. The fourth-order valence-corrected chi connectivity index (χ4v) is 3.72. The van der Waals surface area contributed by atoms with Crippen LogP contribution in [-0.2, 0) is 4.79 Å². The number of hydrogen-bond donors (Lipinski definition) is 1. The molecule has 142 valence electrons. The molecule has 3 rings (SSSR count). The Kier molecular flexibility index (Phi) is 5.49. The maximum atomic E-state index is 13.0. The second-order valence-corrected chi connectivity index (χ2v) is 7.21. The van der Waals surface area contributed by atoms with Gasteiger partial charge in [-0.1, -0.05) is 12.1 Å². The number of primary amides is 1. The van der Waals surface area contributed by atoms with E-state index in [1.165, 1.54) is 0 Å². The van der Waals surface area contributed by atoms with Crippen LogP contribution >= 0.6 is 0 Å². The highest BCUT2D eigenvalue weighted by Crippen LogP contribution is 2.31. The second kappa shape index (κ2) is 7.82. The molecular formula is C22H26N2O3. The van der Waals surface area contributed by atoms with Crippen LogP contribution in [0, 0.1) is 19.8 Å². The lowest BCUT2D eigenvalue weighted by molar-refractivity contribution is -0.123. The molecule has 1 fully saturated rings. The van der Waals surface area contributed by atoms with E-state index in [1.807, 2.05) is 44.2 Å². The number of methoxy groups -OCH3 is 1. The van der Waals surface area contributed by atoms with Crippen LogP contribution in [0.2, 0.25) is 0 Å². The van der Waals surface area contributed by atoms with Crippen LogP contribution < -0.4 is 10.5 Å². The van der Waals surface area contributed by atoms with Gasteiger partial charge >= 0.3 is 0 Å². The Balaban J connectivity index is 1.89. The van der Waals surface area contributed by atoms with Crippen LogP contribution in [-0.4, -0.2) is 36.9 Å². The first-order chi connectivity index (χ1) is 12.9. The predicted octanol–water partition coefficient (Wildman–Crippen LogP) is 3.32. The van der Waals surface area contributed by atoms with Gasteiger partial charge in [0.2, 0.25) is 5.91 Å². The fraction of sp³-hybridized carbons (Fsp3) is 0.364. The average Bonchev–Trinajstić information content (AvgIpc) is 2.69. The first-order valence-electron chi connectivity index (χ1n) is 9.25. The molecule has 0 saturated carbocycles. The van der Waals surface area contributed by atoms with E-state index in [0.717, 1.165) is 40.8 Å². The molecule has 2 N–H and O–H groups in total. The van der Waals surface area contributed by atoms with Crippen molar-refractivity contribution < 1.29 is 14.3 Å². The van der Waals surface area contributed by atoms with Gasteiger partial charge in [0.1, 0.15) is 5.75 Å². The number of hydrogen-bond acceptors (Lipinski definition) is 3. The van der Waals surface area contributed by atoms with Crippen LogP contribution in [0.1, 0.15) is 34.3 Å². The van der Waals surface area contributed by atoms with Crippen LogP contribution in [0.4, 0.5) is 0 Å². The summed E-state index contributed by atoms with van der Waals surface area (Å²) in [6.07, 6.45) is 1.55. The number of carbonyl (C=O) groups is 2. The number of nitrogens with two attached hydrogens (primary N) is 1. The number of benzene rings is 2. The Morgan fingerprint density at radius 2 is 1.93 bits per heavy atom. The first-order valence-corrected chi connectivity index (χ1v) is 9.25. The molecule has 0 aliphatic carbocycles. The van der Waals surface area contributed by atoms with Crippen molar-refractivity contribution in [1.29, 1.82) is 0 Å². The van der Waals surface area contributed by atoms with Gasteiger partial charge < -0.3 is 15.4 Å². The minimum atomic E-state index is -0.328. The summed E-state index contributed by atoms with van der Waals surface area (Å²) >= 11 is 0. The highest BCUT2D eigenvalue weighted by Gasteiger charge is 2.27. The quantitative estimate of drug-likeness (QED) is 0.902. The lowest BCUT2D eigenvalue weighted by Gasteiger charge is -2.31. The van der Waals surface area contributed by atoms with Crippen LogP contribution in [0.15, 0.2) is 36.4 Å². The molecule has 1 unspecified atom stereocenters. The molecule has 27 heavy (non-hydrogen) atoms. The van der Waals surface area contributed by atoms with Crippen molar-refractivity contribution in [3.8, 4) is 16.9 Å². The summed E-state index contributed by atoms with van der Waals surface area (Å²) in [6, 6.07) is 11.8. The van der Waals surface area contributed by atoms with Gasteiger partial charge in [-0.3, -0.25) is 9.59 Å². The highest BCUT2D eigenvalue weighted by molar-refractivity contribution is 5.96. The molecule has 5 heteroatoms. The van der Waals surface area contributed by atoms with Gasteiger partial charge in [-0.05, 0) is 73.2 Å². The predicted molar refractivity (Wildman–Crippen MR) is 106 cm³/mol. The number of likely N-dealkylation sites (tertiary alicyclic amines) is 1. The summed E-state index contributed by atoms with van der Waals surface area (Å²) in [5.41, 5.74) is 10.3. The van der Waals surface area contributed by atoms with E-state index in [1.54, 1.807) is 12.0 Å². The van der Waals surface area contributed by atoms with Crippen molar-refractivity contribution in [3.05, 3.63) is 53.1 Å². The minimum Gasteiger partial charge on any atom is -0.496 e. The Bertz CT molecular complexity index is 876. The number of nitrogens with zero attached hydrogens (tertiary/aromatic N) is 1. The Labute approximate surface area is 160 Å². The molecular weight excluding hydrogens is 340 g/mol. The molecule has 1 heterocycles. The minimum absolute atomic E-state index is 0.0503. The summed E-state index contributed by atoms with van der Waals surface area (Å²) in [5, 5.41) is 0. The van der Waals surface area contributed by atoms with Gasteiger partial charge in [0.25, 0.3) is 5.91 Å². The standard InChI is InChI=1S/C22H26N2O3/c1-14-11-20(27-3)15(2)10-19(14)16-6-4-7-17(12-16)22(26)24-9-5-8-18(13-24)21(23)25/h4,6-7,10-12,18H,5,8-9,13H2,1-3H3,(H2,23,25). The molecule has 5 nitrogen and oxygen atoms in total. The third-order valence-corrected chi connectivity index (χ3v) is 5.27. The monoisotopic (exact) mass is 366 g/mol. The second-order valence-electron chi connectivity index (χ2n) is 7.21. The largest absolute Gasteiger partial charge is 0.496 e. The number of piperidine rings is 1. The number of amides is 2. The summed E-state index contributed by atoms with van der Waals surface area (Å²) in [5.74, 6) is 0.225. The lowest BCUT2D eigenvalue weighted by Crippen LogP contribution is -2.44. The van der Waals surface area contributed by atoms with E-state index in [9.17, 15) is 9.59 Å². The van der Waals surface area contributed by atoms with E-state index >= 15 is 0 Å². The molecule has 0 bridgehead atoms. The maximum Gasteiger partial charge on any atom is 0.253 e. The van der Waals surface area contributed by atoms with E-state index in [-0.39, 0.29) is 17.7 Å². The summed E-state index contributed by atoms with van der Waals surface area (Å²) in [7, 11) is 1.67. The van der Waals surface area contributed by atoms with Crippen molar-refractivity contribution >= 4 is 11.8 Å². The van der Waals surface area contributed by atoms with Crippen LogP contribution in [0.3, 0.4) is 0 Å². The lowest BCUT2D eigenvalue weighted by atomic mass is 9.95. The molecule has 0 radical (unpaired) electrons. The van der Waals surface area contributed by atoms with Crippen molar-refractivity contribution in [2.45, 2.75) is 26.7 Å². The first kappa shape index (κ1) is 19.0. The smallest absolute Gasteiger partial charge is 0.253 e. The van der Waals surface area contributed by atoms with Gasteiger partial charge in [-0.15, -0.1) is 0 Å². The molecule has 2 aromatic rings. The van der Waals surface area contributed by atoms with E-state index < -0.39 is 0 Å². The van der Waals surface area contributed by atoms with Gasteiger partial charge in [0.15, 0.2) is 0 Å². The SMILES string of the molecule is COc1cc(C)c(-c2cccc(C(=O)N3CCCC(C(N)=O)C3)c2)cc1C. The molecule has 1 aliphatic heterocycles.